The molecule has 1 heterocycles. The highest BCUT2D eigenvalue weighted by molar-refractivity contribution is 5.92. The number of rotatable bonds is 7. The second-order valence-electron chi connectivity index (χ2n) is 8.05. The number of amides is 3. The normalized spacial score (nSPS) is 15.7. The predicted molar refractivity (Wildman–Crippen MR) is 122 cm³/mol. The van der Waals surface area contributed by atoms with E-state index in [0.717, 1.165) is 48.5 Å². The number of ether oxygens (including phenoxy) is 1. The Bertz CT molecular complexity index is 880. The number of hydrogen-bond donors (Lipinski definition) is 3. The van der Waals surface area contributed by atoms with Crippen LogP contribution in [0.5, 0.6) is 5.75 Å². The number of likely N-dealkylation sites (tertiary alicyclic amines) is 1. The zero-order valence-corrected chi connectivity index (χ0v) is 18.5. The molecule has 1 aliphatic rings. The van der Waals surface area contributed by atoms with Crippen LogP contribution in [0.1, 0.15) is 36.9 Å². The first-order chi connectivity index (χ1) is 14.9. The van der Waals surface area contributed by atoms with Gasteiger partial charge >= 0.3 is 6.03 Å². The van der Waals surface area contributed by atoms with Gasteiger partial charge in [-0.2, -0.15) is 0 Å². The maximum absolute atomic E-state index is 12.5. The summed E-state index contributed by atoms with van der Waals surface area (Å²) >= 11 is 0. The molecule has 0 saturated carbocycles. The average Bonchev–Trinajstić information content (AvgIpc) is 2.75. The number of benzene rings is 2. The molecule has 3 amide bonds. The standard InChI is InChI=1S/C24H32N4O3/c1-17-9-10-22(31-3)21(15-17)18(2)25-24(30)27-20-11-13-28(14-12-20)16-23(29)26-19-7-5-4-6-8-19/h4-10,15,18,20H,11-14,16H2,1-3H3,(H,26,29)(H2,25,27,30)/t18-/m0/s1. The highest BCUT2D eigenvalue weighted by Gasteiger charge is 2.23. The van der Waals surface area contributed by atoms with E-state index in [1.54, 1.807) is 7.11 Å². The summed E-state index contributed by atoms with van der Waals surface area (Å²) in [6.07, 6.45) is 1.63. The van der Waals surface area contributed by atoms with E-state index in [2.05, 4.69) is 20.9 Å². The lowest BCUT2D eigenvalue weighted by molar-refractivity contribution is -0.117. The van der Waals surface area contributed by atoms with Crippen LogP contribution < -0.4 is 20.7 Å². The minimum Gasteiger partial charge on any atom is -0.496 e. The lowest BCUT2D eigenvalue weighted by Crippen LogP contribution is -2.49. The zero-order chi connectivity index (χ0) is 22.2. The third-order valence-electron chi connectivity index (χ3n) is 5.55. The summed E-state index contributed by atoms with van der Waals surface area (Å²) < 4.78 is 5.42. The van der Waals surface area contributed by atoms with Crippen LogP contribution in [-0.2, 0) is 4.79 Å². The Morgan fingerprint density at radius 2 is 1.84 bits per heavy atom. The minimum absolute atomic E-state index is 0.0173. The quantitative estimate of drug-likeness (QED) is 0.636. The molecular formula is C24H32N4O3. The number of para-hydroxylation sites is 1. The second kappa shape index (κ2) is 10.8. The first-order valence-electron chi connectivity index (χ1n) is 10.7. The molecule has 3 N–H and O–H groups in total. The van der Waals surface area contributed by atoms with E-state index in [4.69, 9.17) is 4.74 Å². The number of nitrogens with zero attached hydrogens (tertiary/aromatic N) is 1. The SMILES string of the molecule is COc1ccc(C)cc1[C@H](C)NC(=O)NC1CCN(CC(=O)Nc2ccccc2)CC1. The molecule has 0 aliphatic carbocycles. The lowest BCUT2D eigenvalue weighted by Gasteiger charge is -2.32. The Kier molecular flexibility index (Phi) is 7.89. The van der Waals surface area contributed by atoms with E-state index < -0.39 is 0 Å². The second-order valence-corrected chi connectivity index (χ2v) is 8.05. The minimum atomic E-state index is -0.184. The molecule has 2 aromatic carbocycles. The van der Waals surface area contributed by atoms with E-state index in [1.165, 1.54) is 0 Å². The van der Waals surface area contributed by atoms with Gasteiger partial charge in [-0.15, -0.1) is 0 Å². The van der Waals surface area contributed by atoms with E-state index >= 15 is 0 Å². The van der Waals surface area contributed by atoms with Crippen molar-refractivity contribution < 1.29 is 14.3 Å². The van der Waals surface area contributed by atoms with E-state index in [-0.39, 0.29) is 24.0 Å². The molecule has 0 unspecified atom stereocenters. The van der Waals surface area contributed by atoms with Crippen LogP contribution in [0, 0.1) is 6.92 Å². The fourth-order valence-electron chi connectivity index (χ4n) is 3.85. The molecular weight excluding hydrogens is 392 g/mol. The van der Waals surface area contributed by atoms with Crippen molar-refractivity contribution in [3.63, 3.8) is 0 Å². The number of urea groups is 1. The van der Waals surface area contributed by atoms with Gasteiger partial charge in [-0.1, -0.05) is 35.9 Å². The van der Waals surface area contributed by atoms with Crippen LogP contribution in [0.25, 0.3) is 0 Å². The molecule has 3 rings (SSSR count). The third kappa shape index (κ3) is 6.72. The van der Waals surface area contributed by atoms with Crippen molar-refractivity contribution >= 4 is 17.6 Å². The van der Waals surface area contributed by atoms with Gasteiger partial charge in [0, 0.05) is 30.4 Å². The van der Waals surface area contributed by atoms with Gasteiger partial charge in [-0.3, -0.25) is 9.69 Å². The van der Waals surface area contributed by atoms with E-state index in [0.29, 0.717) is 6.54 Å². The van der Waals surface area contributed by atoms with E-state index in [9.17, 15) is 9.59 Å². The van der Waals surface area contributed by atoms with Crippen molar-refractivity contribution in [3.05, 3.63) is 59.7 Å². The van der Waals surface area contributed by atoms with Crippen LogP contribution in [0.2, 0.25) is 0 Å². The van der Waals surface area contributed by atoms with Crippen LogP contribution in [-0.4, -0.2) is 49.6 Å². The topological polar surface area (TPSA) is 82.7 Å². The van der Waals surface area contributed by atoms with Gasteiger partial charge in [0.1, 0.15) is 5.75 Å². The van der Waals surface area contributed by atoms with Crippen molar-refractivity contribution in [1.82, 2.24) is 15.5 Å². The summed E-state index contributed by atoms with van der Waals surface area (Å²) in [6.45, 7) is 5.87. The summed E-state index contributed by atoms with van der Waals surface area (Å²) in [5.41, 5.74) is 2.88. The molecule has 7 nitrogen and oxygen atoms in total. The van der Waals surface area contributed by atoms with Gasteiger partial charge < -0.3 is 20.7 Å². The van der Waals surface area contributed by atoms with Crippen molar-refractivity contribution in [2.75, 3.05) is 32.1 Å². The number of carbonyl (C=O) groups excluding carboxylic acids is 2. The van der Waals surface area contributed by atoms with Crippen molar-refractivity contribution in [2.24, 2.45) is 0 Å². The number of piperidine rings is 1. The number of aryl methyl sites for hydroxylation is 1. The number of carbonyl (C=O) groups is 2. The average molecular weight is 425 g/mol. The number of anilines is 1. The Hall–Kier alpha value is -3.06. The highest BCUT2D eigenvalue weighted by Crippen LogP contribution is 2.26. The fraction of sp³-hybridized carbons (Fsp3) is 0.417. The Labute approximate surface area is 184 Å². The summed E-state index contributed by atoms with van der Waals surface area (Å²) in [4.78, 5) is 26.9. The van der Waals surface area contributed by atoms with Gasteiger partial charge in [0.15, 0.2) is 0 Å². The summed E-state index contributed by atoms with van der Waals surface area (Å²) in [5, 5.41) is 8.99. The van der Waals surface area contributed by atoms with Gasteiger partial charge in [0.2, 0.25) is 5.91 Å². The van der Waals surface area contributed by atoms with Crippen LogP contribution in [0.15, 0.2) is 48.5 Å². The Balaban J connectivity index is 1.41. The molecule has 0 bridgehead atoms. The molecule has 1 atom stereocenters. The molecule has 1 fully saturated rings. The number of nitrogens with one attached hydrogen (secondary N) is 3. The monoisotopic (exact) mass is 424 g/mol. The first kappa shape index (κ1) is 22.6. The first-order valence-corrected chi connectivity index (χ1v) is 10.7. The smallest absolute Gasteiger partial charge is 0.315 e. The largest absolute Gasteiger partial charge is 0.496 e. The molecule has 0 radical (unpaired) electrons. The number of hydrogen-bond acceptors (Lipinski definition) is 4. The van der Waals surface area contributed by atoms with Crippen LogP contribution >= 0.6 is 0 Å². The van der Waals surface area contributed by atoms with Crippen molar-refractivity contribution in [3.8, 4) is 5.75 Å². The van der Waals surface area contributed by atoms with Gasteiger partial charge in [-0.05, 0) is 44.9 Å². The maximum Gasteiger partial charge on any atom is 0.315 e. The molecule has 0 aromatic heterocycles. The highest BCUT2D eigenvalue weighted by atomic mass is 16.5. The summed E-state index contributed by atoms with van der Waals surface area (Å²) in [5.74, 6) is 0.747. The zero-order valence-electron chi connectivity index (χ0n) is 18.5. The molecule has 7 heteroatoms. The molecule has 31 heavy (non-hydrogen) atoms. The number of methoxy groups -OCH3 is 1. The molecule has 166 valence electrons. The van der Waals surface area contributed by atoms with Crippen LogP contribution in [0.4, 0.5) is 10.5 Å². The van der Waals surface area contributed by atoms with Crippen LogP contribution in [0.3, 0.4) is 0 Å². The maximum atomic E-state index is 12.5. The Morgan fingerprint density at radius 1 is 1.13 bits per heavy atom. The van der Waals surface area contributed by atoms with Crippen molar-refractivity contribution in [1.29, 1.82) is 0 Å². The Morgan fingerprint density at radius 3 is 2.52 bits per heavy atom. The molecule has 1 saturated heterocycles. The predicted octanol–water partition coefficient (Wildman–Crippen LogP) is 3.47. The summed E-state index contributed by atoms with van der Waals surface area (Å²) in [6, 6.07) is 15.1. The van der Waals surface area contributed by atoms with Gasteiger partial charge in [0.25, 0.3) is 0 Å². The van der Waals surface area contributed by atoms with Crippen molar-refractivity contribution in [2.45, 2.75) is 38.8 Å². The lowest BCUT2D eigenvalue weighted by atomic mass is 10.0. The van der Waals surface area contributed by atoms with Gasteiger partial charge in [-0.25, -0.2) is 4.79 Å². The summed E-state index contributed by atoms with van der Waals surface area (Å²) in [7, 11) is 1.63. The molecule has 1 aliphatic heterocycles. The molecule has 2 aromatic rings. The van der Waals surface area contributed by atoms with Gasteiger partial charge in [0.05, 0.1) is 19.7 Å². The third-order valence-corrected chi connectivity index (χ3v) is 5.55. The van der Waals surface area contributed by atoms with E-state index in [1.807, 2.05) is 62.4 Å². The fourth-order valence-corrected chi connectivity index (χ4v) is 3.85. The molecule has 0 spiro atoms.